The summed E-state index contributed by atoms with van der Waals surface area (Å²) in [6, 6.07) is 6.73. The third kappa shape index (κ3) is 10.1. The number of amides is 2. The van der Waals surface area contributed by atoms with E-state index in [1.807, 2.05) is 0 Å². The molecule has 1 aromatic carbocycles. The molecule has 162 valence electrons. The van der Waals surface area contributed by atoms with Gasteiger partial charge in [-0.05, 0) is 63.0 Å². The molecule has 8 heteroatoms. The lowest BCUT2D eigenvalue weighted by molar-refractivity contribution is -0.115. The summed E-state index contributed by atoms with van der Waals surface area (Å²) in [5, 5.41) is 2.78. The Bertz CT molecular complexity index is 759. The van der Waals surface area contributed by atoms with Gasteiger partial charge < -0.3 is 14.8 Å². The van der Waals surface area contributed by atoms with Crippen LogP contribution < -0.4 is 5.32 Å². The Balaban J connectivity index is 2.85. The Morgan fingerprint density at radius 3 is 2.14 bits per heavy atom. The predicted molar refractivity (Wildman–Crippen MR) is 118 cm³/mol. The van der Waals surface area contributed by atoms with Crippen molar-refractivity contribution < 1.29 is 23.9 Å². The summed E-state index contributed by atoms with van der Waals surface area (Å²) in [6.45, 7) is 5.49. The first-order valence-electron chi connectivity index (χ1n) is 9.23. The maximum Gasteiger partial charge on any atom is 0.434 e. The molecule has 29 heavy (non-hydrogen) atoms. The van der Waals surface area contributed by atoms with E-state index in [1.54, 1.807) is 45.0 Å². The fourth-order valence-electron chi connectivity index (χ4n) is 2.18. The summed E-state index contributed by atoms with van der Waals surface area (Å²) in [7, 11) is 0.458. The molecule has 1 rings (SSSR count). The molecule has 0 heterocycles. The average Bonchev–Trinajstić information content (AvgIpc) is 2.60. The van der Waals surface area contributed by atoms with Crippen molar-refractivity contribution in [1.29, 1.82) is 0 Å². The maximum absolute atomic E-state index is 12.6. The van der Waals surface area contributed by atoms with E-state index in [0.717, 1.165) is 11.3 Å². The Morgan fingerprint density at radius 2 is 1.66 bits per heavy atom. The van der Waals surface area contributed by atoms with Gasteiger partial charge in [0.05, 0.1) is 12.7 Å². The Labute approximate surface area is 174 Å². The normalized spacial score (nSPS) is 12.9. The second-order valence-corrected chi connectivity index (χ2v) is 13.0. The molecular weight excluding hydrogens is 392 g/mol. The molecule has 0 atom stereocenters. The molecule has 2 amide bonds. The Kier molecular flexibility index (Phi) is 8.88. The zero-order valence-corrected chi connectivity index (χ0v) is 19.1. The van der Waals surface area contributed by atoms with E-state index in [4.69, 9.17) is 4.74 Å². The van der Waals surface area contributed by atoms with Gasteiger partial charge in [-0.15, -0.1) is 0 Å². The lowest BCUT2D eigenvalue weighted by Crippen LogP contribution is -2.33. The minimum absolute atomic E-state index is 0.160. The molecular formula is C21H32N2O5S. The summed E-state index contributed by atoms with van der Waals surface area (Å²) in [4.78, 5) is 40.1. The van der Waals surface area contributed by atoms with Gasteiger partial charge in [-0.1, -0.05) is 12.1 Å². The number of nitrogens with one attached hydrogen (secondary N) is 1. The molecule has 0 radical (unpaired) electrons. The van der Waals surface area contributed by atoms with Gasteiger partial charge >= 0.3 is 12.1 Å². The summed E-state index contributed by atoms with van der Waals surface area (Å²) < 4.78 is 9.88. The fraction of sp³-hybridized carbons (Fsp3) is 0.524. The number of nitrogens with zero attached hydrogens (tertiary/aromatic N) is 1. The van der Waals surface area contributed by atoms with Crippen molar-refractivity contribution >= 4 is 33.7 Å². The Morgan fingerprint density at radius 1 is 1.07 bits per heavy atom. The quantitative estimate of drug-likeness (QED) is 0.534. The van der Waals surface area contributed by atoms with Gasteiger partial charge in [-0.25, -0.2) is 19.6 Å². The van der Waals surface area contributed by atoms with Gasteiger partial charge in [0.15, 0.2) is 0 Å². The van der Waals surface area contributed by atoms with E-state index in [-0.39, 0.29) is 12.3 Å². The molecule has 0 unspecified atom stereocenters. The van der Waals surface area contributed by atoms with Crippen LogP contribution >= 0.6 is 10.0 Å². The molecule has 0 bridgehead atoms. The summed E-state index contributed by atoms with van der Waals surface area (Å²) in [5.74, 6) is -0.0517. The topological polar surface area (TPSA) is 94.1 Å². The van der Waals surface area contributed by atoms with Crippen molar-refractivity contribution in [3.8, 4) is 0 Å². The zero-order valence-electron chi connectivity index (χ0n) is 18.3. The lowest BCUT2D eigenvalue weighted by Gasteiger charge is -2.25. The van der Waals surface area contributed by atoms with Crippen LogP contribution in [0.15, 0.2) is 29.3 Å². The SMILES string of the molecule is COC(=O)c1ccc(CNC(=O)C(CCS(C)(C)C)=NC(=O)OC(C)(C)C)cc1. The van der Waals surface area contributed by atoms with Gasteiger partial charge in [0.2, 0.25) is 0 Å². The average molecular weight is 425 g/mol. The summed E-state index contributed by atoms with van der Waals surface area (Å²) in [5.41, 5.74) is 0.721. The van der Waals surface area contributed by atoms with Crippen LogP contribution in [0.3, 0.4) is 0 Å². The molecule has 0 aliphatic carbocycles. The number of hydrogen-bond acceptors (Lipinski definition) is 5. The van der Waals surface area contributed by atoms with Crippen molar-refractivity contribution in [2.24, 2.45) is 4.99 Å². The van der Waals surface area contributed by atoms with Crippen LogP contribution in [0.5, 0.6) is 0 Å². The molecule has 7 nitrogen and oxygen atoms in total. The second kappa shape index (κ2) is 10.4. The van der Waals surface area contributed by atoms with Gasteiger partial charge in [0.25, 0.3) is 5.91 Å². The number of aliphatic imine (C=N–C) groups is 1. The predicted octanol–water partition coefficient (Wildman–Crippen LogP) is 3.55. The van der Waals surface area contributed by atoms with Crippen molar-refractivity contribution in [1.82, 2.24) is 5.32 Å². The first kappa shape index (κ1) is 24.7. The van der Waals surface area contributed by atoms with Gasteiger partial charge in [-0.2, -0.15) is 4.99 Å². The zero-order chi connectivity index (χ0) is 22.2. The highest BCUT2D eigenvalue weighted by Gasteiger charge is 2.20. The largest absolute Gasteiger partial charge is 0.465 e. The number of methoxy groups -OCH3 is 1. The minimum atomic E-state index is -0.863. The molecule has 0 saturated carbocycles. The third-order valence-electron chi connectivity index (χ3n) is 3.66. The van der Waals surface area contributed by atoms with Crippen LogP contribution in [0.4, 0.5) is 4.79 Å². The van der Waals surface area contributed by atoms with Crippen LogP contribution in [-0.4, -0.2) is 60.9 Å². The maximum atomic E-state index is 12.6. The second-order valence-electron chi connectivity index (χ2n) is 8.45. The molecule has 0 spiro atoms. The van der Waals surface area contributed by atoms with Crippen LogP contribution in [0.25, 0.3) is 0 Å². The van der Waals surface area contributed by atoms with Crippen LogP contribution in [-0.2, 0) is 20.8 Å². The van der Waals surface area contributed by atoms with E-state index in [1.165, 1.54) is 7.11 Å². The van der Waals surface area contributed by atoms with Crippen LogP contribution in [0.2, 0.25) is 0 Å². The van der Waals surface area contributed by atoms with Gasteiger partial charge in [0, 0.05) is 13.0 Å². The fourth-order valence-corrected chi connectivity index (χ4v) is 2.98. The Hall–Kier alpha value is -2.35. The highest BCUT2D eigenvalue weighted by atomic mass is 32.3. The highest BCUT2D eigenvalue weighted by molar-refractivity contribution is 8.32. The third-order valence-corrected chi connectivity index (χ3v) is 5.09. The summed E-state index contributed by atoms with van der Waals surface area (Å²) >= 11 is 0. The van der Waals surface area contributed by atoms with Crippen molar-refractivity contribution in [3.05, 3.63) is 35.4 Å². The van der Waals surface area contributed by atoms with E-state index >= 15 is 0 Å². The minimum Gasteiger partial charge on any atom is -0.465 e. The monoisotopic (exact) mass is 424 g/mol. The smallest absolute Gasteiger partial charge is 0.434 e. The highest BCUT2D eigenvalue weighted by Crippen LogP contribution is 2.35. The van der Waals surface area contributed by atoms with E-state index in [9.17, 15) is 14.4 Å². The summed E-state index contributed by atoms with van der Waals surface area (Å²) in [6.07, 6.45) is 6.04. The standard InChI is InChI=1S/C21H32N2O5S/c1-21(2,3)28-20(26)23-17(12-13-29(5,6)7)18(24)22-14-15-8-10-16(11-9-15)19(25)27-4/h8-11H,12-14H2,1-7H3,(H,22,24). The molecule has 1 N–H and O–H groups in total. The van der Waals surface area contributed by atoms with Gasteiger partial charge in [0.1, 0.15) is 11.3 Å². The number of esters is 1. The van der Waals surface area contributed by atoms with E-state index in [2.05, 4.69) is 33.8 Å². The number of carbonyl (C=O) groups is 3. The van der Waals surface area contributed by atoms with E-state index in [0.29, 0.717) is 12.0 Å². The molecule has 0 saturated heterocycles. The number of hydrogen-bond donors (Lipinski definition) is 1. The van der Waals surface area contributed by atoms with Crippen molar-refractivity contribution in [2.75, 3.05) is 31.6 Å². The van der Waals surface area contributed by atoms with Crippen LogP contribution in [0.1, 0.15) is 43.1 Å². The number of rotatable bonds is 7. The first-order chi connectivity index (χ1) is 13.3. The van der Waals surface area contributed by atoms with E-state index < -0.39 is 33.6 Å². The first-order valence-corrected chi connectivity index (χ1v) is 12.3. The molecule has 0 aromatic heterocycles. The van der Waals surface area contributed by atoms with Gasteiger partial charge in [-0.3, -0.25) is 4.79 Å². The van der Waals surface area contributed by atoms with Crippen molar-refractivity contribution in [2.45, 2.75) is 39.3 Å². The number of benzene rings is 1. The number of ether oxygens (including phenoxy) is 2. The molecule has 0 fully saturated rings. The molecule has 1 aromatic rings. The van der Waals surface area contributed by atoms with Crippen LogP contribution in [0, 0.1) is 0 Å². The number of carbonyl (C=O) groups excluding carboxylic acids is 3. The molecule has 0 aliphatic rings. The molecule has 0 aliphatic heterocycles. The lowest BCUT2D eigenvalue weighted by atomic mass is 10.1. The van der Waals surface area contributed by atoms with Crippen molar-refractivity contribution in [3.63, 3.8) is 0 Å².